The summed E-state index contributed by atoms with van der Waals surface area (Å²) in [5, 5.41) is 0. The average Bonchev–Trinajstić information content (AvgIpc) is 2.04. The lowest BCUT2D eigenvalue weighted by atomic mass is 10.2. The molecule has 0 amide bonds. The molecule has 1 saturated heterocycles. The second-order valence-corrected chi connectivity index (χ2v) is 5.24. The molecule has 13 heavy (non-hydrogen) atoms. The van der Waals surface area contributed by atoms with Crippen molar-refractivity contribution in [3.63, 3.8) is 0 Å². The number of rotatable bonds is 3. The Hall–Kier alpha value is -0.130. The van der Waals surface area contributed by atoms with Gasteiger partial charge in [-0.1, -0.05) is 6.42 Å². The van der Waals surface area contributed by atoms with E-state index in [1.165, 1.54) is 4.31 Å². The molecule has 1 N–H and O–H groups in total. The minimum Gasteiger partial charge on any atom is -0.195 e. The summed E-state index contributed by atoms with van der Waals surface area (Å²) in [4.78, 5) is 0. The van der Waals surface area contributed by atoms with Crippen LogP contribution in [0.25, 0.3) is 0 Å². The van der Waals surface area contributed by atoms with Gasteiger partial charge in [-0.05, 0) is 26.7 Å². The van der Waals surface area contributed by atoms with Gasteiger partial charge >= 0.3 is 0 Å². The molecule has 0 saturated carbocycles. The highest BCUT2D eigenvalue weighted by molar-refractivity contribution is 7.87. The Morgan fingerprint density at radius 1 is 1.15 bits per heavy atom. The number of nitrogens with one attached hydrogen (secondary N) is 1. The molecule has 0 aromatic rings. The Morgan fingerprint density at radius 3 is 2.15 bits per heavy atom. The molecule has 1 rings (SSSR count). The fraction of sp³-hybridized carbons (Fsp3) is 0.875. The van der Waals surface area contributed by atoms with Crippen LogP contribution in [0.15, 0.2) is 0 Å². The molecule has 0 unspecified atom stereocenters. The third-order valence-corrected chi connectivity index (χ3v) is 3.70. The molecule has 5 heteroatoms. The predicted octanol–water partition coefficient (Wildman–Crippen LogP) is 0.878. The molecule has 0 aliphatic carbocycles. The van der Waals surface area contributed by atoms with Crippen LogP contribution in [0.4, 0.5) is 0 Å². The Morgan fingerprint density at radius 2 is 1.69 bits per heavy atom. The normalized spacial score (nSPS) is 20.8. The fourth-order valence-electron chi connectivity index (χ4n) is 1.43. The van der Waals surface area contributed by atoms with E-state index in [9.17, 15) is 8.42 Å². The topological polar surface area (TPSA) is 49.4 Å². The monoisotopic (exact) mass is 205 g/mol. The minimum absolute atomic E-state index is 0.655. The standard InChI is InChI=1S/C8H17N2O2S/c1-8(2)9-13(11,12)10-6-4-3-5-7-10/h9H,3-7H2,1-2H3. The SMILES string of the molecule is C[C](C)NS(=O)(=O)N1CCCCC1. The van der Waals surface area contributed by atoms with Crippen LogP contribution in [0.1, 0.15) is 33.1 Å². The largest absolute Gasteiger partial charge is 0.279 e. The van der Waals surface area contributed by atoms with Crippen LogP contribution in [0, 0.1) is 6.04 Å². The Balaban J connectivity index is 2.57. The molecule has 77 valence electrons. The van der Waals surface area contributed by atoms with Gasteiger partial charge in [0.05, 0.1) is 0 Å². The maximum atomic E-state index is 11.6. The van der Waals surface area contributed by atoms with Crippen LogP contribution in [0.5, 0.6) is 0 Å². The van der Waals surface area contributed by atoms with Crippen molar-refractivity contribution in [2.24, 2.45) is 0 Å². The van der Waals surface area contributed by atoms with Gasteiger partial charge in [0.2, 0.25) is 0 Å². The van der Waals surface area contributed by atoms with Crippen LogP contribution in [0.2, 0.25) is 0 Å². The Kier molecular flexibility index (Phi) is 3.70. The molecule has 0 bridgehead atoms. The molecule has 1 radical (unpaired) electrons. The highest BCUT2D eigenvalue weighted by Gasteiger charge is 2.23. The molecule has 4 nitrogen and oxygen atoms in total. The highest BCUT2D eigenvalue weighted by atomic mass is 32.2. The summed E-state index contributed by atoms with van der Waals surface area (Å²) in [6.45, 7) is 4.81. The van der Waals surface area contributed by atoms with Crippen LogP contribution in [0.3, 0.4) is 0 Å². The van der Waals surface area contributed by atoms with Gasteiger partial charge in [-0.2, -0.15) is 17.4 Å². The van der Waals surface area contributed by atoms with Crippen molar-refractivity contribution in [2.45, 2.75) is 33.1 Å². The van der Waals surface area contributed by atoms with Crippen molar-refractivity contribution in [3.05, 3.63) is 6.04 Å². The van der Waals surface area contributed by atoms with Crippen LogP contribution in [-0.4, -0.2) is 25.8 Å². The van der Waals surface area contributed by atoms with Gasteiger partial charge in [0.1, 0.15) is 0 Å². The summed E-state index contributed by atoms with van der Waals surface area (Å²) < 4.78 is 27.2. The zero-order valence-corrected chi connectivity index (χ0v) is 9.02. The van der Waals surface area contributed by atoms with Crippen molar-refractivity contribution in [1.82, 2.24) is 9.03 Å². The first-order valence-electron chi connectivity index (χ1n) is 4.60. The highest BCUT2D eigenvalue weighted by Crippen LogP contribution is 2.12. The number of hydrogen-bond acceptors (Lipinski definition) is 2. The predicted molar refractivity (Wildman–Crippen MR) is 52.1 cm³/mol. The van der Waals surface area contributed by atoms with Gasteiger partial charge in [-0.3, -0.25) is 0 Å². The average molecular weight is 205 g/mol. The van der Waals surface area contributed by atoms with Crippen molar-refractivity contribution in [2.75, 3.05) is 13.1 Å². The van der Waals surface area contributed by atoms with Crippen molar-refractivity contribution >= 4 is 10.2 Å². The Bertz CT molecular complexity index is 243. The van der Waals surface area contributed by atoms with E-state index < -0.39 is 10.2 Å². The van der Waals surface area contributed by atoms with Gasteiger partial charge in [-0.25, -0.2) is 0 Å². The molecule has 0 aromatic carbocycles. The second-order valence-electron chi connectivity index (χ2n) is 3.57. The maximum Gasteiger partial charge on any atom is 0.279 e. The molecule has 0 aromatic heterocycles. The summed E-state index contributed by atoms with van der Waals surface area (Å²) in [7, 11) is -3.24. The van der Waals surface area contributed by atoms with E-state index in [0.29, 0.717) is 19.1 Å². The van der Waals surface area contributed by atoms with Gasteiger partial charge in [0.15, 0.2) is 0 Å². The molecular formula is C8H17N2O2S. The number of piperidine rings is 1. The quantitative estimate of drug-likeness (QED) is 0.743. The molecule has 1 aliphatic heterocycles. The van der Waals surface area contributed by atoms with Gasteiger partial charge in [0.25, 0.3) is 10.2 Å². The zero-order valence-electron chi connectivity index (χ0n) is 8.21. The van der Waals surface area contributed by atoms with E-state index in [1.807, 2.05) is 0 Å². The number of nitrogens with zero attached hydrogens (tertiary/aromatic N) is 1. The van der Waals surface area contributed by atoms with Crippen LogP contribution < -0.4 is 4.72 Å². The summed E-state index contributed by atoms with van der Waals surface area (Å²) in [6, 6.07) is 0.713. The molecule has 1 heterocycles. The van der Waals surface area contributed by atoms with Gasteiger partial charge in [-0.15, -0.1) is 0 Å². The third-order valence-electron chi connectivity index (χ3n) is 1.99. The first-order chi connectivity index (χ1) is 6.02. The zero-order chi connectivity index (χ0) is 9.90. The van der Waals surface area contributed by atoms with E-state index in [4.69, 9.17) is 0 Å². The third kappa shape index (κ3) is 3.25. The van der Waals surface area contributed by atoms with Gasteiger partial charge in [0, 0.05) is 19.1 Å². The smallest absolute Gasteiger partial charge is 0.195 e. The summed E-state index contributed by atoms with van der Waals surface area (Å²) in [5.74, 6) is 0. The van der Waals surface area contributed by atoms with E-state index in [2.05, 4.69) is 4.72 Å². The molecule has 1 fully saturated rings. The van der Waals surface area contributed by atoms with E-state index in [1.54, 1.807) is 13.8 Å². The summed E-state index contributed by atoms with van der Waals surface area (Å²) in [5.41, 5.74) is 0. The minimum atomic E-state index is -3.24. The summed E-state index contributed by atoms with van der Waals surface area (Å²) in [6.07, 6.45) is 3.09. The first kappa shape index (κ1) is 10.9. The number of hydrogen-bond donors (Lipinski definition) is 1. The second kappa shape index (κ2) is 4.39. The molecule has 1 aliphatic rings. The van der Waals surface area contributed by atoms with Crippen molar-refractivity contribution < 1.29 is 8.42 Å². The van der Waals surface area contributed by atoms with Crippen LogP contribution in [-0.2, 0) is 10.2 Å². The maximum absolute atomic E-state index is 11.6. The summed E-state index contributed by atoms with van der Waals surface area (Å²) >= 11 is 0. The molecular weight excluding hydrogens is 188 g/mol. The van der Waals surface area contributed by atoms with E-state index >= 15 is 0 Å². The first-order valence-corrected chi connectivity index (χ1v) is 6.04. The van der Waals surface area contributed by atoms with Crippen molar-refractivity contribution in [1.29, 1.82) is 0 Å². The van der Waals surface area contributed by atoms with Crippen molar-refractivity contribution in [3.8, 4) is 0 Å². The van der Waals surface area contributed by atoms with Crippen LogP contribution >= 0.6 is 0 Å². The Labute approximate surface area is 80.5 Å². The van der Waals surface area contributed by atoms with E-state index in [-0.39, 0.29) is 0 Å². The fourth-order valence-corrected chi connectivity index (χ4v) is 2.81. The lowest BCUT2D eigenvalue weighted by Gasteiger charge is -2.26. The van der Waals surface area contributed by atoms with E-state index in [0.717, 1.165) is 19.3 Å². The molecule has 0 spiro atoms. The lowest BCUT2D eigenvalue weighted by molar-refractivity contribution is 0.342. The van der Waals surface area contributed by atoms with Gasteiger partial charge < -0.3 is 0 Å². The lowest BCUT2D eigenvalue weighted by Crippen LogP contribution is -2.43. The molecule has 0 atom stereocenters.